The van der Waals surface area contributed by atoms with Crippen LogP contribution in [0.1, 0.15) is 75.2 Å². The van der Waals surface area contributed by atoms with Gasteiger partial charge in [-0.1, -0.05) is 72.6 Å². The number of allylic oxidation sites excluding steroid dienone is 4. The van der Waals surface area contributed by atoms with Crippen molar-refractivity contribution in [2.45, 2.75) is 75.2 Å². The molecule has 108 valence electrons. The largest absolute Gasteiger partial charge is 0.124 e. The Bertz CT molecular complexity index is 201. The van der Waals surface area contributed by atoms with Crippen molar-refractivity contribution in [3.05, 3.63) is 23.3 Å². The maximum absolute atomic E-state index is 4.00. The van der Waals surface area contributed by atoms with E-state index in [2.05, 4.69) is 73.5 Å². The van der Waals surface area contributed by atoms with Gasteiger partial charge in [-0.05, 0) is 31.8 Å². The molecule has 0 nitrogen and oxygen atoms in total. The van der Waals surface area contributed by atoms with E-state index in [0.717, 1.165) is 6.42 Å². The second kappa shape index (κ2) is 25.0. The van der Waals surface area contributed by atoms with E-state index in [0.29, 0.717) is 5.92 Å². The summed E-state index contributed by atoms with van der Waals surface area (Å²) in [5.74, 6) is 0.654. The van der Waals surface area contributed by atoms with Crippen LogP contribution in [0.2, 0.25) is 0 Å². The van der Waals surface area contributed by atoms with Crippen LogP contribution >= 0.6 is 0 Å². The standard InChI is InChI=1S/C11H20.C3H8.C2H6.C2H2/c1-6-10(5)8-11(7-2)9(3)4;1-3-2;2*1-2/h7-9H,6H2,1-5H3;3H2,1-2H3;1-2H3;1-2H/b10-8+,11-7+;;;. The first-order chi connectivity index (χ1) is 8.53. The van der Waals surface area contributed by atoms with E-state index in [4.69, 9.17) is 0 Å². The Morgan fingerprint density at radius 2 is 1.39 bits per heavy atom. The second-order valence-corrected chi connectivity index (χ2v) is 3.99. The van der Waals surface area contributed by atoms with Gasteiger partial charge in [-0.15, -0.1) is 12.8 Å². The van der Waals surface area contributed by atoms with Crippen LogP contribution in [0.15, 0.2) is 23.3 Å². The molecule has 0 N–H and O–H groups in total. The van der Waals surface area contributed by atoms with E-state index in [1.807, 2.05) is 13.8 Å². The van der Waals surface area contributed by atoms with E-state index < -0.39 is 0 Å². The van der Waals surface area contributed by atoms with Crippen LogP contribution in [0.5, 0.6) is 0 Å². The van der Waals surface area contributed by atoms with Gasteiger partial charge in [-0.2, -0.15) is 0 Å². The van der Waals surface area contributed by atoms with Gasteiger partial charge in [0.05, 0.1) is 0 Å². The van der Waals surface area contributed by atoms with Crippen molar-refractivity contribution >= 4 is 0 Å². The van der Waals surface area contributed by atoms with Crippen molar-refractivity contribution in [3.63, 3.8) is 0 Å². The van der Waals surface area contributed by atoms with Gasteiger partial charge in [0, 0.05) is 0 Å². The topological polar surface area (TPSA) is 0 Å². The monoisotopic (exact) mass is 252 g/mol. The minimum atomic E-state index is 0.654. The third kappa shape index (κ3) is 24.3. The lowest BCUT2D eigenvalue weighted by molar-refractivity contribution is 0.786. The molecular weight excluding hydrogens is 216 g/mol. The summed E-state index contributed by atoms with van der Waals surface area (Å²) in [6, 6.07) is 0. The third-order valence-electron chi connectivity index (χ3n) is 1.97. The highest BCUT2D eigenvalue weighted by atomic mass is 14.0. The minimum Gasteiger partial charge on any atom is -0.124 e. The van der Waals surface area contributed by atoms with Crippen molar-refractivity contribution in [3.8, 4) is 12.8 Å². The van der Waals surface area contributed by atoms with Gasteiger partial charge in [-0.25, -0.2) is 0 Å². The maximum atomic E-state index is 4.00. The van der Waals surface area contributed by atoms with Crippen LogP contribution in [0.3, 0.4) is 0 Å². The molecule has 0 saturated heterocycles. The number of rotatable bonds is 3. The van der Waals surface area contributed by atoms with E-state index >= 15 is 0 Å². The molecule has 0 fully saturated rings. The van der Waals surface area contributed by atoms with Gasteiger partial charge < -0.3 is 0 Å². The molecule has 0 aromatic heterocycles. The highest BCUT2D eigenvalue weighted by Crippen LogP contribution is 2.14. The zero-order valence-electron chi connectivity index (χ0n) is 14.3. The molecule has 18 heavy (non-hydrogen) atoms. The fraction of sp³-hybridized carbons (Fsp3) is 0.667. The molecule has 0 heterocycles. The lowest BCUT2D eigenvalue weighted by atomic mass is 10.00. The molecule has 0 rings (SSSR count). The molecule has 0 bridgehead atoms. The Balaban J connectivity index is -0.000000118. The second-order valence-electron chi connectivity index (χ2n) is 3.99. The Morgan fingerprint density at radius 3 is 1.56 bits per heavy atom. The number of hydrogen-bond donors (Lipinski definition) is 0. The van der Waals surface area contributed by atoms with Gasteiger partial charge in [0.1, 0.15) is 0 Å². The van der Waals surface area contributed by atoms with Crippen molar-refractivity contribution < 1.29 is 0 Å². The predicted molar refractivity (Wildman–Crippen MR) is 89.8 cm³/mol. The quantitative estimate of drug-likeness (QED) is 0.390. The first-order valence-corrected chi connectivity index (χ1v) is 7.19. The molecule has 0 aliphatic heterocycles. The van der Waals surface area contributed by atoms with Crippen LogP contribution in [-0.4, -0.2) is 0 Å². The smallest absolute Gasteiger partial charge is 0.0222 e. The first-order valence-electron chi connectivity index (χ1n) is 7.19. The summed E-state index contributed by atoms with van der Waals surface area (Å²) in [6.45, 7) is 19.2. The normalized spacial score (nSPS) is 10.2. The van der Waals surface area contributed by atoms with E-state index in [-0.39, 0.29) is 0 Å². The molecule has 0 aliphatic carbocycles. The van der Waals surface area contributed by atoms with Gasteiger partial charge in [0.2, 0.25) is 0 Å². The van der Waals surface area contributed by atoms with E-state index in [9.17, 15) is 0 Å². The Hall–Kier alpha value is -0.960. The summed E-state index contributed by atoms with van der Waals surface area (Å²) in [5, 5.41) is 0. The predicted octanol–water partition coefficient (Wildman–Crippen LogP) is 6.64. The highest BCUT2D eigenvalue weighted by Gasteiger charge is 1.97. The summed E-state index contributed by atoms with van der Waals surface area (Å²) in [4.78, 5) is 0. The molecule has 0 aromatic carbocycles. The van der Waals surface area contributed by atoms with Crippen LogP contribution in [-0.2, 0) is 0 Å². The number of hydrogen-bond acceptors (Lipinski definition) is 0. The van der Waals surface area contributed by atoms with Gasteiger partial charge in [-0.3, -0.25) is 0 Å². The van der Waals surface area contributed by atoms with Gasteiger partial charge >= 0.3 is 0 Å². The average Bonchev–Trinajstić information content (AvgIpc) is 2.40. The molecule has 0 amide bonds. The van der Waals surface area contributed by atoms with Crippen LogP contribution < -0.4 is 0 Å². The number of terminal acetylenes is 1. The molecule has 0 radical (unpaired) electrons. The van der Waals surface area contributed by atoms with Crippen LogP contribution in [0, 0.1) is 18.8 Å². The molecule has 0 saturated carbocycles. The Labute approximate surface area is 118 Å². The van der Waals surface area contributed by atoms with Crippen molar-refractivity contribution in [1.29, 1.82) is 0 Å². The Kier molecular flexibility index (Phi) is 35.9. The fourth-order valence-corrected chi connectivity index (χ4v) is 0.970. The lowest BCUT2D eigenvalue weighted by Gasteiger charge is -2.06. The maximum Gasteiger partial charge on any atom is -0.0222 e. The third-order valence-corrected chi connectivity index (χ3v) is 1.97. The zero-order valence-corrected chi connectivity index (χ0v) is 14.3. The fourth-order valence-electron chi connectivity index (χ4n) is 0.970. The molecule has 0 unspecified atom stereocenters. The average molecular weight is 252 g/mol. The van der Waals surface area contributed by atoms with E-state index in [1.54, 1.807) is 0 Å². The molecule has 0 aromatic rings. The zero-order chi connectivity index (χ0) is 15.6. The molecule has 0 heteroatoms. The summed E-state index contributed by atoms with van der Waals surface area (Å²) >= 11 is 0. The summed E-state index contributed by atoms with van der Waals surface area (Å²) in [7, 11) is 0. The lowest BCUT2D eigenvalue weighted by Crippen LogP contribution is -1.90. The summed E-state index contributed by atoms with van der Waals surface area (Å²) in [6.07, 6.45) is 14.9. The van der Waals surface area contributed by atoms with Gasteiger partial charge in [0.25, 0.3) is 0 Å². The van der Waals surface area contributed by atoms with Crippen molar-refractivity contribution in [2.24, 2.45) is 5.92 Å². The summed E-state index contributed by atoms with van der Waals surface area (Å²) < 4.78 is 0. The van der Waals surface area contributed by atoms with Crippen LogP contribution in [0.25, 0.3) is 0 Å². The van der Waals surface area contributed by atoms with Gasteiger partial charge in [0.15, 0.2) is 0 Å². The van der Waals surface area contributed by atoms with E-state index in [1.165, 1.54) is 17.6 Å². The molecule has 0 atom stereocenters. The highest BCUT2D eigenvalue weighted by molar-refractivity contribution is 5.23. The van der Waals surface area contributed by atoms with Crippen molar-refractivity contribution in [2.75, 3.05) is 0 Å². The summed E-state index contributed by atoms with van der Waals surface area (Å²) in [5.41, 5.74) is 2.91. The molecule has 0 spiro atoms. The van der Waals surface area contributed by atoms with Crippen molar-refractivity contribution in [1.82, 2.24) is 0 Å². The van der Waals surface area contributed by atoms with Crippen LogP contribution in [0.4, 0.5) is 0 Å². The Morgan fingerprint density at radius 1 is 1.06 bits per heavy atom. The minimum absolute atomic E-state index is 0.654. The SMILES string of the molecule is C#C.C/C=C(\C=C(/C)CC)C(C)C.CC.CCC. The first kappa shape index (κ1) is 25.8. The molecule has 0 aliphatic rings. The molecular formula is C18H36.